The molecule has 0 spiro atoms. The Morgan fingerprint density at radius 2 is 1.91 bits per heavy atom. The zero-order valence-corrected chi connectivity index (χ0v) is 11.3. The van der Waals surface area contributed by atoms with Gasteiger partial charge in [-0.25, -0.2) is 0 Å². The summed E-state index contributed by atoms with van der Waals surface area (Å²) in [6.45, 7) is 2.21. The summed E-state index contributed by atoms with van der Waals surface area (Å²) in [4.78, 5) is 0.459. The lowest BCUT2D eigenvalue weighted by Gasteiger charge is -2.35. The lowest BCUT2D eigenvalue weighted by Crippen LogP contribution is -2.47. The molecule has 0 unspecified atom stereocenters. The van der Waals surface area contributed by atoms with Gasteiger partial charge < -0.3 is 4.48 Å². The van der Waals surface area contributed by atoms with Crippen molar-refractivity contribution in [2.24, 2.45) is 0 Å². The predicted molar refractivity (Wildman–Crippen MR) is 59.4 cm³/mol. The van der Waals surface area contributed by atoms with E-state index in [4.69, 9.17) is 0 Å². The molecule has 1 rings (SSSR count). The zero-order chi connectivity index (χ0) is 8.65. The highest BCUT2D eigenvalue weighted by Gasteiger charge is 2.30. The fraction of sp³-hybridized carbons (Fsp3) is 0.714. The molecule has 1 heterocycles. The van der Waals surface area contributed by atoms with Crippen LogP contribution in [0.15, 0.2) is 8.96 Å². The number of halogens is 3. The van der Waals surface area contributed by atoms with E-state index in [9.17, 15) is 0 Å². The van der Waals surface area contributed by atoms with Crippen LogP contribution in [0.2, 0.25) is 0 Å². The van der Waals surface area contributed by atoms with Crippen molar-refractivity contribution in [3.05, 3.63) is 8.96 Å². The molecular weight excluding hydrogens is 338 g/mol. The SMILES string of the molecule is C[N+]1(C)CC(Br)=C(Br)[C@H](Br)C1. The summed E-state index contributed by atoms with van der Waals surface area (Å²) in [7, 11) is 4.46. The van der Waals surface area contributed by atoms with E-state index < -0.39 is 0 Å². The van der Waals surface area contributed by atoms with Crippen molar-refractivity contribution >= 4 is 47.8 Å². The lowest BCUT2D eigenvalue weighted by atomic mass is 10.2. The highest BCUT2D eigenvalue weighted by Crippen LogP contribution is 2.33. The minimum Gasteiger partial charge on any atom is -0.323 e. The van der Waals surface area contributed by atoms with Crippen LogP contribution < -0.4 is 0 Å². The number of alkyl halides is 1. The van der Waals surface area contributed by atoms with Gasteiger partial charge in [0.1, 0.15) is 6.54 Å². The van der Waals surface area contributed by atoms with Crippen LogP contribution >= 0.6 is 47.8 Å². The largest absolute Gasteiger partial charge is 0.323 e. The van der Waals surface area contributed by atoms with Crippen molar-refractivity contribution in [3.63, 3.8) is 0 Å². The molecule has 0 fully saturated rings. The topological polar surface area (TPSA) is 0 Å². The second-order valence-corrected chi connectivity index (χ2v) is 6.41. The van der Waals surface area contributed by atoms with E-state index in [1.807, 2.05) is 0 Å². The summed E-state index contributed by atoms with van der Waals surface area (Å²) < 4.78 is 3.57. The van der Waals surface area contributed by atoms with Crippen LogP contribution in [0.1, 0.15) is 0 Å². The highest BCUT2D eigenvalue weighted by atomic mass is 79.9. The first-order valence-electron chi connectivity index (χ1n) is 3.42. The summed E-state index contributed by atoms with van der Waals surface area (Å²) in [5.74, 6) is 0. The Balaban J connectivity index is 2.85. The quantitative estimate of drug-likeness (QED) is 0.466. The molecule has 0 aromatic heterocycles. The third kappa shape index (κ3) is 2.54. The van der Waals surface area contributed by atoms with Gasteiger partial charge in [-0.3, -0.25) is 0 Å². The fourth-order valence-corrected chi connectivity index (χ4v) is 3.79. The van der Waals surface area contributed by atoms with Crippen molar-refractivity contribution in [1.29, 1.82) is 0 Å². The average Bonchev–Trinajstić information content (AvgIpc) is 1.81. The molecule has 0 radical (unpaired) electrons. The van der Waals surface area contributed by atoms with Gasteiger partial charge in [0.2, 0.25) is 0 Å². The average molecular weight is 349 g/mol. The first kappa shape index (κ1) is 10.2. The first-order valence-corrected chi connectivity index (χ1v) is 5.93. The van der Waals surface area contributed by atoms with Crippen LogP contribution in [0.3, 0.4) is 0 Å². The maximum Gasteiger partial charge on any atom is 0.111 e. The van der Waals surface area contributed by atoms with E-state index in [1.54, 1.807) is 0 Å². The van der Waals surface area contributed by atoms with Crippen molar-refractivity contribution in [1.82, 2.24) is 0 Å². The summed E-state index contributed by atoms with van der Waals surface area (Å²) >= 11 is 10.7. The van der Waals surface area contributed by atoms with E-state index in [0.717, 1.165) is 17.6 Å². The second kappa shape index (κ2) is 3.48. The standard InChI is InChI=1S/C7H11Br3N/c1-11(2)3-5(8)7(10)6(9)4-11/h5H,3-4H2,1-2H3/q+1/t5-/m1/s1. The Kier molecular flexibility index (Phi) is 3.23. The van der Waals surface area contributed by atoms with Crippen LogP contribution in [0.4, 0.5) is 0 Å². The van der Waals surface area contributed by atoms with E-state index >= 15 is 0 Å². The third-order valence-electron chi connectivity index (χ3n) is 1.76. The van der Waals surface area contributed by atoms with Crippen LogP contribution in [-0.2, 0) is 0 Å². The van der Waals surface area contributed by atoms with Gasteiger partial charge in [0.15, 0.2) is 0 Å². The molecule has 4 heteroatoms. The molecule has 0 bridgehead atoms. The Morgan fingerprint density at radius 1 is 1.36 bits per heavy atom. The van der Waals surface area contributed by atoms with Gasteiger partial charge in [0.25, 0.3) is 0 Å². The van der Waals surface area contributed by atoms with Gasteiger partial charge in [-0.15, -0.1) is 0 Å². The summed E-state index contributed by atoms with van der Waals surface area (Å²) in [5.41, 5.74) is 0. The Bertz CT molecular complexity index is 198. The van der Waals surface area contributed by atoms with Gasteiger partial charge in [0.05, 0.1) is 29.9 Å². The molecular formula is C7H11Br3N+. The van der Waals surface area contributed by atoms with Gasteiger partial charge >= 0.3 is 0 Å². The molecule has 0 saturated heterocycles. The van der Waals surface area contributed by atoms with E-state index in [2.05, 4.69) is 61.9 Å². The maximum absolute atomic E-state index is 3.62. The van der Waals surface area contributed by atoms with Crippen molar-refractivity contribution in [2.75, 3.05) is 27.2 Å². The first-order chi connectivity index (χ1) is 4.92. The molecule has 0 saturated carbocycles. The van der Waals surface area contributed by atoms with Crippen molar-refractivity contribution < 1.29 is 4.48 Å². The molecule has 0 amide bonds. The number of hydrogen-bond acceptors (Lipinski definition) is 0. The predicted octanol–water partition coefficient (Wildman–Crippen LogP) is 2.84. The third-order valence-corrected chi connectivity index (χ3v) is 5.36. The fourth-order valence-electron chi connectivity index (χ4n) is 1.20. The number of hydrogen-bond donors (Lipinski definition) is 0. The zero-order valence-electron chi connectivity index (χ0n) is 6.57. The van der Waals surface area contributed by atoms with E-state index in [0.29, 0.717) is 4.83 Å². The lowest BCUT2D eigenvalue weighted by molar-refractivity contribution is -0.885. The number of nitrogens with zero attached hydrogens (tertiary/aromatic N) is 1. The van der Waals surface area contributed by atoms with Crippen LogP contribution in [0.25, 0.3) is 0 Å². The second-order valence-electron chi connectivity index (χ2n) is 3.50. The molecule has 0 aromatic rings. The van der Waals surface area contributed by atoms with E-state index in [-0.39, 0.29) is 0 Å². The van der Waals surface area contributed by atoms with Gasteiger partial charge in [-0.1, -0.05) is 31.9 Å². The molecule has 1 atom stereocenters. The van der Waals surface area contributed by atoms with E-state index in [1.165, 1.54) is 8.96 Å². The monoisotopic (exact) mass is 346 g/mol. The van der Waals surface area contributed by atoms with Gasteiger partial charge in [-0.2, -0.15) is 0 Å². The molecule has 0 N–H and O–H groups in total. The normalized spacial score (nSPS) is 30.8. The van der Waals surface area contributed by atoms with Crippen molar-refractivity contribution in [3.8, 4) is 0 Å². The number of rotatable bonds is 0. The molecule has 0 aliphatic carbocycles. The molecule has 1 aliphatic rings. The minimum atomic E-state index is 0.459. The molecule has 0 aromatic carbocycles. The maximum atomic E-state index is 3.62. The molecule has 64 valence electrons. The molecule has 1 nitrogen and oxygen atoms in total. The Morgan fingerprint density at radius 3 is 2.36 bits per heavy atom. The summed E-state index contributed by atoms with van der Waals surface area (Å²) in [5, 5.41) is 0. The summed E-state index contributed by atoms with van der Waals surface area (Å²) in [6.07, 6.45) is 0. The van der Waals surface area contributed by atoms with Gasteiger partial charge in [-0.05, 0) is 15.9 Å². The molecule has 11 heavy (non-hydrogen) atoms. The van der Waals surface area contributed by atoms with Crippen LogP contribution in [-0.4, -0.2) is 36.5 Å². The molecule has 1 aliphatic heterocycles. The van der Waals surface area contributed by atoms with Crippen LogP contribution in [0, 0.1) is 0 Å². The minimum absolute atomic E-state index is 0.459. The van der Waals surface area contributed by atoms with Gasteiger partial charge in [0, 0.05) is 4.48 Å². The summed E-state index contributed by atoms with van der Waals surface area (Å²) in [6, 6.07) is 0. The highest BCUT2D eigenvalue weighted by molar-refractivity contribution is 9.15. The number of likely N-dealkylation sites (N-methyl/N-ethyl adjacent to an activating group) is 1. The Labute approximate surface area is 92.8 Å². The van der Waals surface area contributed by atoms with Crippen LogP contribution in [0.5, 0.6) is 0 Å². The van der Waals surface area contributed by atoms with Crippen molar-refractivity contribution in [2.45, 2.75) is 4.83 Å². The smallest absolute Gasteiger partial charge is 0.111 e. The number of quaternary nitrogens is 1. The Hall–Kier alpha value is 1.14.